The molecule has 1 atom stereocenters. The molecule has 4 heteroatoms. The van der Waals surface area contributed by atoms with Crippen LogP contribution < -0.4 is 9.36 Å². The van der Waals surface area contributed by atoms with E-state index < -0.39 is 0 Å². The molecule has 3 rings (SSSR count). The van der Waals surface area contributed by atoms with Crippen molar-refractivity contribution in [3.63, 3.8) is 0 Å². The summed E-state index contributed by atoms with van der Waals surface area (Å²) in [5.74, 6) is 0.220. The minimum absolute atomic E-state index is 0.220. The van der Waals surface area contributed by atoms with E-state index >= 15 is 0 Å². The summed E-state index contributed by atoms with van der Waals surface area (Å²) in [5.41, 5.74) is 1.85. The average Bonchev–Trinajstić information content (AvgIpc) is 2.69. The fourth-order valence-corrected chi connectivity index (χ4v) is 5.49. The van der Waals surface area contributed by atoms with E-state index in [0.717, 1.165) is 11.0 Å². The van der Waals surface area contributed by atoms with Gasteiger partial charge in [-0.15, -0.1) is 0 Å². The maximum absolute atomic E-state index is 12.8. The summed E-state index contributed by atoms with van der Waals surface area (Å²) in [6, 6.07) is 16.8. The van der Waals surface area contributed by atoms with Crippen LogP contribution in [0.3, 0.4) is 0 Å². The zero-order chi connectivity index (χ0) is 15.0. The Morgan fingerprint density at radius 3 is 2.62 bits per heavy atom. The van der Waals surface area contributed by atoms with Gasteiger partial charge in [0.1, 0.15) is 0 Å². The Kier molecular flexibility index (Phi) is 4.12. The van der Waals surface area contributed by atoms with Crippen LogP contribution in [0.15, 0.2) is 48.5 Å². The van der Waals surface area contributed by atoms with Crippen LogP contribution in [0.1, 0.15) is 12.5 Å². The molecule has 2 aromatic rings. The van der Waals surface area contributed by atoms with Crippen LogP contribution in [0.2, 0.25) is 5.32 Å². The summed E-state index contributed by atoms with van der Waals surface area (Å²) in [6.07, 6.45) is 0. The van der Waals surface area contributed by atoms with Crippen LogP contribution in [0, 0.1) is 3.57 Å². The number of hydrogen-bond acceptors (Lipinski definition) is 1. The van der Waals surface area contributed by atoms with E-state index in [-0.39, 0.29) is 11.3 Å². The van der Waals surface area contributed by atoms with Crippen LogP contribution in [0.4, 0.5) is 5.69 Å². The predicted octanol–water partition coefficient (Wildman–Crippen LogP) is 2.97. The predicted molar refractivity (Wildman–Crippen MR) is 96.6 cm³/mol. The second-order valence-electron chi connectivity index (χ2n) is 5.46. The molecule has 0 saturated heterocycles. The quantitative estimate of drug-likeness (QED) is 0.514. The van der Waals surface area contributed by atoms with Gasteiger partial charge < -0.3 is 0 Å². The minimum atomic E-state index is -0.388. The summed E-state index contributed by atoms with van der Waals surface area (Å²) in [6.45, 7) is 2.10. The van der Waals surface area contributed by atoms with Gasteiger partial charge in [-0.2, -0.15) is 0 Å². The molecule has 0 saturated carbocycles. The molecule has 0 bridgehead atoms. The first-order valence-electron chi connectivity index (χ1n) is 6.78. The van der Waals surface area contributed by atoms with Gasteiger partial charge >= 0.3 is 146 Å². The Hall–Kier alpha value is -0.841. The van der Waals surface area contributed by atoms with E-state index in [4.69, 9.17) is 0 Å². The third-order valence-electron chi connectivity index (χ3n) is 3.96. The fourth-order valence-electron chi connectivity index (χ4n) is 2.72. The molecular formula is C17H16INOSe. The van der Waals surface area contributed by atoms with Crippen molar-refractivity contribution in [2.45, 2.75) is 17.7 Å². The average molecular weight is 456 g/mol. The van der Waals surface area contributed by atoms with Gasteiger partial charge in [0, 0.05) is 0 Å². The van der Waals surface area contributed by atoms with E-state index in [1.165, 1.54) is 13.6 Å². The number of carbonyl (C=O) groups is 1. The fraction of sp³-hybridized carbons (Fsp3) is 0.235. The molecule has 1 aliphatic heterocycles. The Morgan fingerprint density at radius 1 is 1.19 bits per heavy atom. The number of halogens is 1. The van der Waals surface area contributed by atoms with Gasteiger partial charge in [0.15, 0.2) is 0 Å². The summed E-state index contributed by atoms with van der Waals surface area (Å²) in [4.78, 5) is 14.6. The van der Waals surface area contributed by atoms with Crippen molar-refractivity contribution in [2.24, 2.45) is 0 Å². The number of carbonyl (C=O) groups excluding carboxylic acids is 1. The Bertz CT molecular complexity index is 688. The number of hydrogen-bond donors (Lipinski definition) is 0. The molecular weight excluding hydrogens is 440 g/mol. The van der Waals surface area contributed by atoms with Crippen molar-refractivity contribution in [3.8, 4) is 0 Å². The van der Waals surface area contributed by atoms with Gasteiger partial charge in [-0.3, -0.25) is 0 Å². The molecule has 2 aromatic carbocycles. The first kappa shape index (κ1) is 15.1. The van der Waals surface area contributed by atoms with Gasteiger partial charge in [0.05, 0.1) is 0 Å². The molecule has 0 radical (unpaired) electrons. The molecule has 1 amide bonds. The number of fused-ring (bicyclic) bond motifs is 1. The van der Waals surface area contributed by atoms with Crippen molar-refractivity contribution in [2.75, 3.05) is 11.9 Å². The molecule has 21 heavy (non-hydrogen) atoms. The summed E-state index contributed by atoms with van der Waals surface area (Å²) in [5, 5.41) is 0.903. The molecule has 1 aliphatic rings. The number of amides is 1. The zero-order valence-electron chi connectivity index (χ0n) is 12.0. The van der Waals surface area contributed by atoms with Crippen LogP contribution >= 0.6 is 22.6 Å². The first-order chi connectivity index (χ1) is 10.0. The molecule has 0 aromatic heterocycles. The van der Waals surface area contributed by atoms with E-state index in [1.807, 2.05) is 18.0 Å². The van der Waals surface area contributed by atoms with E-state index in [0.29, 0.717) is 15.0 Å². The SMILES string of the molecule is CN1C(=O)[C@@](C)(C[Se]c2ccccc2)c2cc(I)ccc21. The summed E-state index contributed by atoms with van der Waals surface area (Å²) in [7, 11) is 1.88. The first-order valence-corrected chi connectivity index (χ1v) is 9.93. The number of benzene rings is 2. The molecule has 108 valence electrons. The van der Waals surface area contributed by atoms with Crippen LogP contribution in [0.5, 0.6) is 0 Å². The summed E-state index contributed by atoms with van der Waals surface area (Å²) >= 11 is 2.62. The maximum atomic E-state index is 12.8. The molecule has 0 aliphatic carbocycles. The number of anilines is 1. The van der Waals surface area contributed by atoms with Gasteiger partial charge in [-0.05, 0) is 0 Å². The zero-order valence-corrected chi connectivity index (χ0v) is 15.8. The topological polar surface area (TPSA) is 20.3 Å². The van der Waals surface area contributed by atoms with Crippen LogP contribution in [0.25, 0.3) is 0 Å². The van der Waals surface area contributed by atoms with Gasteiger partial charge in [0.25, 0.3) is 0 Å². The third kappa shape index (κ3) is 2.65. The van der Waals surface area contributed by atoms with E-state index in [2.05, 4.69) is 72.0 Å². The van der Waals surface area contributed by atoms with Crippen molar-refractivity contribution < 1.29 is 4.79 Å². The molecule has 0 fully saturated rings. The Morgan fingerprint density at radius 2 is 1.90 bits per heavy atom. The van der Waals surface area contributed by atoms with Crippen molar-refractivity contribution in [3.05, 3.63) is 57.7 Å². The molecule has 2 nitrogen and oxygen atoms in total. The van der Waals surface area contributed by atoms with Crippen molar-refractivity contribution in [1.82, 2.24) is 0 Å². The molecule has 0 unspecified atom stereocenters. The van der Waals surface area contributed by atoms with Crippen LogP contribution in [-0.2, 0) is 10.2 Å². The van der Waals surface area contributed by atoms with Gasteiger partial charge in [0.2, 0.25) is 0 Å². The monoisotopic (exact) mass is 457 g/mol. The number of nitrogens with zero attached hydrogens (tertiary/aromatic N) is 1. The van der Waals surface area contributed by atoms with E-state index in [1.54, 1.807) is 0 Å². The van der Waals surface area contributed by atoms with Gasteiger partial charge in [-0.1, -0.05) is 0 Å². The van der Waals surface area contributed by atoms with Crippen molar-refractivity contribution >= 4 is 53.6 Å². The summed E-state index contributed by atoms with van der Waals surface area (Å²) < 4.78 is 2.54. The standard InChI is InChI=1S/C17H16INOSe/c1-17(11-21-13-6-4-3-5-7-13)14-10-12(18)8-9-15(14)19(2)16(17)20/h3-10H,11H2,1-2H3/t17-/m0/s1. The second-order valence-corrected chi connectivity index (χ2v) is 8.91. The molecule has 0 N–H and O–H groups in total. The van der Waals surface area contributed by atoms with E-state index in [9.17, 15) is 4.79 Å². The van der Waals surface area contributed by atoms with Gasteiger partial charge in [-0.25, -0.2) is 0 Å². The number of likely N-dealkylation sites (N-methyl/N-ethyl adjacent to an activating group) is 1. The second kappa shape index (κ2) is 5.75. The Balaban J connectivity index is 1.93. The van der Waals surface area contributed by atoms with Crippen LogP contribution in [-0.4, -0.2) is 27.9 Å². The Labute approximate surface area is 145 Å². The molecule has 1 heterocycles. The third-order valence-corrected chi connectivity index (χ3v) is 7.42. The molecule has 0 spiro atoms. The number of rotatable bonds is 3. The van der Waals surface area contributed by atoms with Crippen molar-refractivity contribution in [1.29, 1.82) is 0 Å². The normalized spacial score (nSPS) is 20.7.